The van der Waals surface area contributed by atoms with E-state index in [4.69, 9.17) is 4.74 Å². The van der Waals surface area contributed by atoms with E-state index in [2.05, 4.69) is 44.0 Å². The summed E-state index contributed by atoms with van der Waals surface area (Å²) in [6.07, 6.45) is 0.00994. The molecule has 2 unspecified atom stereocenters. The molecule has 0 saturated carbocycles. The van der Waals surface area contributed by atoms with E-state index in [9.17, 15) is 4.39 Å². The molecule has 0 aliphatic carbocycles. The molecular weight excluding hydrogens is 429 g/mol. The molecule has 1 fully saturated rings. The van der Waals surface area contributed by atoms with Crippen molar-refractivity contribution in [1.82, 2.24) is 15.1 Å². The third-order valence-corrected chi connectivity index (χ3v) is 6.65. The van der Waals surface area contributed by atoms with E-state index in [1.165, 1.54) is 17.4 Å². The minimum Gasteiger partial charge on any atom is -0.371 e. The topological polar surface area (TPSA) is 38.2 Å². The van der Waals surface area contributed by atoms with Gasteiger partial charge in [-0.3, -0.25) is 4.90 Å². The molecule has 1 aliphatic heterocycles. The molecule has 0 radical (unpaired) electrons. The van der Waals surface area contributed by atoms with Gasteiger partial charge >= 0.3 is 0 Å². The van der Waals surface area contributed by atoms with Crippen LogP contribution in [-0.2, 0) is 4.74 Å². The summed E-state index contributed by atoms with van der Waals surface area (Å²) in [4.78, 5) is 2.35. The number of ether oxygens (including phenoxy) is 1. The van der Waals surface area contributed by atoms with Crippen molar-refractivity contribution >= 4 is 27.3 Å². The Morgan fingerprint density at radius 2 is 1.96 bits per heavy atom. The van der Waals surface area contributed by atoms with E-state index < -0.39 is 0 Å². The van der Waals surface area contributed by atoms with Crippen molar-refractivity contribution in [3.63, 3.8) is 0 Å². The Balaban J connectivity index is 1.52. The van der Waals surface area contributed by atoms with Crippen molar-refractivity contribution in [2.24, 2.45) is 0 Å². The van der Waals surface area contributed by atoms with Gasteiger partial charge in [-0.05, 0) is 30.7 Å². The lowest BCUT2D eigenvalue weighted by molar-refractivity contribution is -0.0435. The molecule has 4 nitrogen and oxygen atoms in total. The van der Waals surface area contributed by atoms with E-state index in [1.54, 1.807) is 12.1 Å². The third kappa shape index (κ3) is 3.96. The lowest BCUT2D eigenvalue weighted by Gasteiger charge is -2.36. The van der Waals surface area contributed by atoms with Gasteiger partial charge in [0.25, 0.3) is 0 Å². The minimum atomic E-state index is -0.270. The van der Waals surface area contributed by atoms with Gasteiger partial charge < -0.3 is 4.74 Å². The van der Waals surface area contributed by atoms with Gasteiger partial charge in [-0.1, -0.05) is 57.6 Å². The average Bonchev–Trinajstić information content (AvgIpc) is 3.18. The summed E-state index contributed by atoms with van der Waals surface area (Å²) in [6, 6.07) is 14.9. The van der Waals surface area contributed by atoms with Crippen molar-refractivity contribution in [3.05, 3.63) is 69.4 Å². The van der Waals surface area contributed by atoms with Gasteiger partial charge in [0.15, 0.2) is 5.01 Å². The summed E-state index contributed by atoms with van der Waals surface area (Å²) in [6.45, 7) is 4.39. The highest BCUT2D eigenvalue weighted by atomic mass is 79.9. The van der Waals surface area contributed by atoms with Crippen LogP contribution in [0.1, 0.15) is 29.6 Å². The molecule has 1 saturated heterocycles. The molecule has 27 heavy (non-hydrogen) atoms. The molecule has 1 aliphatic rings. The Morgan fingerprint density at radius 3 is 2.78 bits per heavy atom. The zero-order valence-electron chi connectivity index (χ0n) is 14.8. The molecule has 2 heterocycles. The summed E-state index contributed by atoms with van der Waals surface area (Å²) < 4.78 is 21.1. The minimum absolute atomic E-state index is 0.00994. The first kappa shape index (κ1) is 18.7. The van der Waals surface area contributed by atoms with Crippen LogP contribution < -0.4 is 0 Å². The molecular formula is C20H19BrFN3OS. The van der Waals surface area contributed by atoms with Crippen molar-refractivity contribution in [1.29, 1.82) is 0 Å². The van der Waals surface area contributed by atoms with Crippen LogP contribution >= 0.6 is 27.3 Å². The number of hydrogen-bond donors (Lipinski definition) is 0. The third-order valence-electron chi connectivity index (χ3n) is 4.80. The van der Waals surface area contributed by atoms with Gasteiger partial charge in [0.2, 0.25) is 0 Å². The number of rotatable bonds is 4. The largest absolute Gasteiger partial charge is 0.371 e. The molecule has 140 valence electrons. The normalized spacial score (nSPS) is 19.1. The Hall–Kier alpha value is -1.67. The second-order valence-corrected chi connectivity index (χ2v) is 8.34. The first-order valence-corrected chi connectivity index (χ1v) is 10.4. The second kappa shape index (κ2) is 8.14. The Kier molecular flexibility index (Phi) is 5.63. The van der Waals surface area contributed by atoms with Gasteiger partial charge in [-0.2, -0.15) is 0 Å². The van der Waals surface area contributed by atoms with Gasteiger partial charge in [-0.25, -0.2) is 4.39 Å². The predicted molar refractivity (Wildman–Crippen MR) is 108 cm³/mol. The molecule has 2 atom stereocenters. The summed E-state index contributed by atoms with van der Waals surface area (Å²) in [5.41, 5.74) is 1.65. The van der Waals surface area contributed by atoms with Gasteiger partial charge in [0.1, 0.15) is 10.8 Å². The van der Waals surface area contributed by atoms with Crippen molar-refractivity contribution in [2.75, 3.05) is 19.7 Å². The molecule has 3 aromatic rings. The summed E-state index contributed by atoms with van der Waals surface area (Å²) in [5, 5.41) is 10.1. The number of hydrogen-bond acceptors (Lipinski definition) is 5. The van der Waals surface area contributed by atoms with Crippen LogP contribution in [0, 0.1) is 5.82 Å². The Labute approximate surface area is 170 Å². The molecule has 1 aromatic heterocycles. The van der Waals surface area contributed by atoms with E-state index in [0.717, 1.165) is 28.1 Å². The highest BCUT2D eigenvalue weighted by Crippen LogP contribution is 2.34. The highest BCUT2D eigenvalue weighted by Gasteiger charge is 2.29. The lowest BCUT2D eigenvalue weighted by atomic mass is 10.1. The fourth-order valence-electron chi connectivity index (χ4n) is 3.25. The number of benzene rings is 2. The number of nitrogens with zero attached hydrogens (tertiary/aromatic N) is 3. The van der Waals surface area contributed by atoms with Crippen LogP contribution in [0.4, 0.5) is 4.39 Å². The number of aromatic nitrogens is 2. The number of morpholine rings is 1. The lowest BCUT2D eigenvalue weighted by Crippen LogP contribution is -2.39. The fourth-order valence-corrected chi connectivity index (χ4v) is 4.75. The van der Waals surface area contributed by atoms with Gasteiger partial charge in [0.05, 0.1) is 18.8 Å². The fraction of sp³-hybridized carbons (Fsp3) is 0.300. The van der Waals surface area contributed by atoms with Crippen molar-refractivity contribution < 1.29 is 9.13 Å². The molecule has 4 rings (SSSR count). The van der Waals surface area contributed by atoms with Gasteiger partial charge in [0, 0.05) is 23.1 Å². The van der Waals surface area contributed by atoms with Crippen LogP contribution in [0.2, 0.25) is 0 Å². The van der Waals surface area contributed by atoms with E-state index in [1.807, 2.05) is 24.3 Å². The molecule has 2 aromatic carbocycles. The van der Waals surface area contributed by atoms with E-state index >= 15 is 0 Å². The SMILES string of the molecule is CC(c1nnc(-c2ccccc2F)s1)N1CCOC(c2ccccc2Br)C1. The zero-order chi connectivity index (χ0) is 18.8. The average molecular weight is 448 g/mol. The zero-order valence-corrected chi connectivity index (χ0v) is 17.2. The molecule has 7 heteroatoms. The monoisotopic (exact) mass is 447 g/mol. The maximum absolute atomic E-state index is 14.0. The maximum Gasteiger partial charge on any atom is 0.150 e. The predicted octanol–water partition coefficient (Wildman–Crippen LogP) is 5.24. The van der Waals surface area contributed by atoms with Crippen LogP contribution in [0.25, 0.3) is 10.6 Å². The van der Waals surface area contributed by atoms with E-state index in [0.29, 0.717) is 17.2 Å². The molecule has 0 N–H and O–H groups in total. The van der Waals surface area contributed by atoms with Crippen LogP contribution in [0.15, 0.2) is 53.0 Å². The van der Waals surface area contributed by atoms with Crippen LogP contribution in [0.5, 0.6) is 0 Å². The molecule has 0 spiro atoms. The van der Waals surface area contributed by atoms with Crippen molar-refractivity contribution in [3.8, 4) is 10.6 Å². The van der Waals surface area contributed by atoms with Gasteiger partial charge in [-0.15, -0.1) is 10.2 Å². The second-order valence-electron chi connectivity index (χ2n) is 6.48. The Bertz CT molecular complexity index is 935. The van der Waals surface area contributed by atoms with Crippen molar-refractivity contribution in [2.45, 2.75) is 19.1 Å². The molecule has 0 bridgehead atoms. The van der Waals surface area contributed by atoms with Crippen LogP contribution in [-0.4, -0.2) is 34.8 Å². The Morgan fingerprint density at radius 1 is 1.19 bits per heavy atom. The first-order chi connectivity index (χ1) is 13.1. The highest BCUT2D eigenvalue weighted by molar-refractivity contribution is 9.10. The van der Waals surface area contributed by atoms with Crippen LogP contribution in [0.3, 0.4) is 0 Å². The summed E-state index contributed by atoms with van der Waals surface area (Å²) >= 11 is 5.06. The van der Waals surface area contributed by atoms with E-state index in [-0.39, 0.29) is 18.0 Å². The first-order valence-electron chi connectivity index (χ1n) is 8.82. The summed E-state index contributed by atoms with van der Waals surface area (Å²) in [5.74, 6) is -0.270. The maximum atomic E-state index is 14.0. The number of halogens is 2. The smallest absolute Gasteiger partial charge is 0.150 e. The standard InChI is InChI=1S/C20H19BrFN3OS/c1-13(19-23-24-20(27-19)15-7-3-5-9-17(15)22)25-10-11-26-18(12-25)14-6-2-4-8-16(14)21/h2-9,13,18H,10-12H2,1H3. The summed E-state index contributed by atoms with van der Waals surface area (Å²) in [7, 11) is 0. The molecule has 0 amide bonds. The quantitative estimate of drug-likeness (QED) is 0.547.